The summed E-state index contributed by atoms with van der Waals surface area (Å²) in [5.74, 6) is 0. The number of halogens is 1. The zero-order valence-corrected chi connectivity index (χ0v) is 7.93. The smallest absolute Gasteiger partial charge is 0.152 e. The van der Waals surface area contributed by atoms with Crippen molar-refractivity contribution in [1.29, 1.82) is 0 Å². The zero-order valence-electron chi connectivity index (χ0n) is 7.18. The maximum Gasteiger partial charge on any atom is 0.152 e. The normalized spacial score (nSPS) is 30.7. The van der Waals surface area contributed by atoms with E-state index in [0.717, 1.165) is 24.7 Å². The van der Waals surface area contributed by atoms with Crippen LogP contribution in [0.25, 0.3) is 0 Å². The lowest BCUT2D eigenvalue weighted by Gasteiger charge is -2.21. The topological polar surface area (TPSA) is 26.3 Å². The average Bonchev–Trinajstić information content (AvgIpc) is 2.54. The Morgan fingerprint density at radius 1 is 1.75 bits per heavy atom. The van der Waals surface area contributed by atoms with E-state index in [1.54, 1.807) is 0 Å². The van der Waals surface area contributed by atoms with Crippen molar-refractivity contribution >= 4 is 17.9 Å². The van der Waals surface area contributed by atoms with Crippen LogP contribution in [-0.4, -0.2) is 18.5 Å². The molecule has 0 aromatic heterocycles. The molecule has 0 radical (unpaired) electrons. The van der Waals surface area contributed by atoms with E-state index in [-0.39, 0.29) is 0 Å². The van der Waals surface area contributed by atoms with E-state index in [1.165, 1.54) is 5.54 Å². The highest BCUT2D eigenvalue weighted by molar-refractivity contribution is 6.25. The SMILES string of the molecule is C/C(=C\Cl)CC1(C=O)CCCO1. The van der Waals surface area contributed by atoms with Gasteiger partial charge in [0.2, 0.25) is 0 Å². The number of ether oxygens (including phenoxy) is 1. The third kappa shape index (κ3) is 2.08. The van der Waals surface area contributed by atoms with Crippen LogP contribution in [0.1, 0.15) is 26.2 Å². The van der Waals surface area contributed by atoms with Gasteiger partial charge in [-0.3, -0.25) is 0 Å². The van der Waals surface area contributed by atoms with Crippen LogP contribution < -0.4 is 0 Å². The Bertz CT molecular complexity index is 193. The lowest BCUT2D eigenvalue weighted by molar-refractivity contribution is -0.125. The maximum atomic E-state index is 10.8. The molecule has 1 atom stereocenters. The van der Waals surface area contributed by atoms with Gasteiger partial charge in [-0.25, -0.2) is 0 Å². The van der Waals surface area contributed by atoms with Crippen molar-refractivity contribution in [3.8, 4) is 0 Å². The van der Waals surface area contributed by atoms with Crippen LogP contribution >= 0.6 is 11.6 Å². The molecule has 1 heterocycles. The van der Waals surface area contributed by atoms with Crippen LogP contribution in [0, 0.1) is 0 Å². The van der Waals surface area contributed by atoms with Gasteiger partial charge in [-0.1, -0.05) is 17.2 Å². The Morgan fingerprint density at radius 2 is 2.50 bits per heavy atom. The number of carbonyl (C=O) groups excluding carboxylic acids is 1. The van der Waals surface area contributed by atoms with E-state index in [0.29, 0.717) is 13.0 Å². The van der Waals surface area contributed by atoms with Crippen LogP contribution in [0.2, 0.25) is 0 Å². The fraction of sp³-hybridized carbons (Fsp3) is 0.667. The van der Waals surface area contributed by atoms with Crippen LogP contribution in [0.3, 0.4) is 0 Å². The third-order valence-corrected chi connectivity index (χ3v) is 2.49. The summed E-state index contributed by atoms with van der Waals surface area (Å²) in [6, 6.07) is 0. The van der Waals surface area contributed by atoms with E-state index in [9.17, 15) is 4.79 Å². The molecular formula is C9H13ClO2. The molecule has 1 aliphatic rings. The van der Waals surface area contributed by atoms with Gasteiger partial charge in [0, 0.05) is 18.6 Å². The first-order chi connectivity index (χ1) is 5.72. The molecule has 1 fully saturated rings. The number of rotatable bonds is 3. The van der Waals surface area contributed by atoms with Gasteiger partial charge in [-0.15, -0.1) is 0 Å². The molecule has 1 aliphatic heterocycles. The minimum Gasteiger partial charge on any atom is -0.367 e. The van der Waals surface area contributed by atoms with Crippen molar-refractivity contribution in [2.45, 2.75) is 31.8 Å². The first-order valence-corrected chi connectivity index (χ1v) is 4.52. The summed E-state index contributed by atoms with van der Waals surface area (Å²) in [5.41, 5.74) is 1.92. The molecule has 68 valence electrons. The molecule has 0 aromatic rings. The zero-order chi connectivity index (χ0) is 9.03. The molecule has 0 aromatic carbocycles. The number of carbonyl (C=O) groups is 1. The molecule has 3 heteroatoms. The highest BCUT2D eigenvalue weighted by Gasteiger charge is 2.34. The summed E-state index contributed by atoms with van der Waals surface area (Å²) in [4.78, 5) is 10.8. The second-order valence-corrected chi connectivity index (χ2v) is 3.49. The van der Waals surface area contributed by atoms with Gasteiger partial charge >= 0.3 is 0 Å². The lowest BCUT2D eigenvalue weighted by atomic mass is 9.94. The van der Waals surface area contributed by atoms with Crippen LogP contribution in [0.5, 0.6) is 0 Å². The minimum absolute atomic E-state index is 0.574. The molecule has 0 aliphatic carbocycles. The quantitative estimate of drug-likeness (QED) is 0.636. The summed E-state index contributed by atoms with van der Waals surface area (Å²) in [6.45, 7) is 2.59. The van der Waals surface area contributed by atoms with E-state index in [4.69, 9.17) is 16.3 Å². The second kappa shape index (κ2) is 4.06. The molecule has 1 unspecified atom stereocenters. The Labute approximate surface area is 77.5 Å². The van der Waals surface area contributed by atoms with Crippen LogP contribution in [-0.2, 0) is 9.53 Å². The number of hydrogen-bond donors (Lipinski definition) is 0. The van der Waals surface area contributed by atoms with Gasteiger partial charge in [0.25, 0.3) is 0 Å². The molecular weight excluding hydrogens is 176 g/mol. The molecule has 2 nitrogen and oxygen atoms in total. The van der Waals surface area contributed by atoms with Crippen molar-refractivity contribution in [3.05, 3.63) is 11.1 Å². The van der Waals surface area contributed by atoms with Gasteiger partial charge in [0.1, 0.15) is 5.60 Å². The van der Waals surface area contributed by atoms with Crippen molar-refractivity contribution in [3.63, 3.8) is 0 Å². The first-order valence-electron chi connectivity index (χ1n) is 4.08. The number of hydrogen-bond acceptors (Lipinski definition) is 2. The molecule has 1 rings (SSSR count). The van der Waals surface area contributed by atoms with Crippen LogP contribution in [0.4, 0.5) is 0 Å². The van der Waals surface area contributed by atoms with E-state index in [2.05, 4.69) is 0 Å². The molecule has 1 saturated heterocycles. The predicted octanol–water partition coefficient (Wildman–Crippen LogP) is 2.27. The van der Waals surface area contributed by atoms with E-state index in [1.807, 2.05) is 6.92 Å². The predicted molar refractivity (Wildman–Crippen MR) is 48.2 cm³/mol. The number of aldehydes is 1. The Morgan fingerprint density at radius 3 is 2.92 bits per heavy atom. The Balaban J connectivity index is 2.61. The molecule has 0 amide bonds. The minimum atomic E-state index is -0.574. The summed E-state index contributed by atoms with van der Waals surface area (Å²) < 4.78 is 5.39. The second-order valence-electron chi connectivity index (χ2n) is 3.27. The van der Waals surface area contributed by atoms with Gasteiger partial charge in [0.05, 0.1) is 0 Å². The fourth-order valence-electron chi connectivity index (χ4n) is 1.50. The summed E-state index contributed by atoms with van der Waals surface area (Å²) in [6.07, 6.45) is 3.32. The average molecular weight is 189 g/mol. The third-order valence-electron chi connectivity index (χ3n) is 2.11. The maximum absolute atomic E-state index is 10.8. The molecule has 0 spiro atoms. The summed E-state index contributed by atoms with van der Waals surface area (Å²) in [5, 5.41) is 0. The summed E-state index contributed by atoms with van der Waals surface area (Å²) in [7, 11) is 0. The Kier molecular flexibility index (Phi) is 3.29. The fourth-order valence-corrected chi connectivity index (χ4v) is 1.58. The van der Waals surface area contributed by atoms with Gasteiger partial charge in [-0.05, 0) is 19.8 Å². The van der Waals surface area contributed by atoms with Crippen molar-refractivity contribution in [1.82, 2.24) is 0 Å². The summed E-state index contributed by atoms with van der Waals surface area (Å²) >= 11 is 5.52. The van der Waals surface area contributed by atoms with Gasteiger partial charge < -0.3 is 9.53 Å². The van der Waals surface area contributed by atoms with Gasteiger partial charge in [0.15, 0.2) is 6.29 Å². The lowest BCUT2D eigenvalue weighted by Crippen LogP contribution is -2.29. The largest absolute Gasteiger partial charge is 0.367 e. The highest BCUT2D eigenvalue weighted by atomic mass is 35.5. The van der Waals surface area contributed by atoms with Crippen LogP contribution in [0.15, 0.2) is 11.1 Å². The van der Waals surface area contributed by atoms with Gasteiger partial charge in [-0.2, -0.15) is 0 Å². The monoisotopic (exact) mass is 188 g/mol. The van der Waals surface area contributed by atoms with Crippen molar-refractivity contribution in [2.24, 2.45) is 0 Å². The molecule has 12 heavy (non-hydrogen) atoms. The van der Waals surface area contributed by atoms with E-state index < -0.39 is 5.60 Å². The molecule has 0 saturated carbocycles. The van der Waals surface area contributed by atoms with Crippen molar-refractivity contribution in [2.75, 3.05) is 6.61 Å². The Hall–Kier alpha value is -0.340. The van der Waals surface area contributed by atoms with E-state index >= 15 is 0 Å². The first kappa shape index (κ1) is 9.75. The molecule has 0 N–H and O–H groups in total. The van der Waals surface area contributed by atoms with Crippen molar-refractivity contribution < 1.29 is 9.53 Å². The standard InChI is InChI=1S/C9H13ClO2/c1-8(6-10)5-9(7-11)3-2-4-12-9/h6-7H,2-5H2,1H3/b8-6+. The highest BCUT2D eigenvalue weighted by Crippen LogP contribution is 2.30. The molecule has 0 bridgehead atoms.